The summed E-state index contributed by atoms with van der Waals surface area (Å²) in [7, 11) is 0. The summed E-state index contributed by atoms with van der Waals surface area (Å²) < 4.78 is 19.3. The minimum atomic E-state index is -0.614. The maximum Gasteiger partial charge on any atom is 0.319 e. The molecule has 0 atom stereocenters. The van der Waals surface area contributed by atoms with E-state index in [-0.39, 0.29) is 5.69 Å². The Morgan fingerprint density at radius 1 is 1.12 bits per heavy atom. The fourth-order valence-electron chi connectivity index (χ4n) is 3.56. The molecule has 0 spiro atoms. The van der Waals surface area contributed by atoms with Crippen LogP contribution in [0.3, 0.4) is 0 Å². The Morgan fingerprint density at radius 2 is 1.94 bits per heavy atom. The molecule has 3 aromatic rings. The number of aromatic nitrogens is 1. The molecular weight excluding hydrogens is 413 g/mol. The van der Waals surface area contributed by atoms with Gasteiger partial charge < -0.3 is 25.3 Å². The van der Waals surface area contributed by atoms with E-state index in [4.69, 9.17) is 4.42 Å². The van der Waals surface area contributed by atoms with E-state index in [1.54, 1.807) is 13.1 Å². The first-order valence-electron chi connectivity index (χ1n) is 10.4. The van der Waals surface area contributed by atoms with Crippen LogP contribution in [0.4, 0.5) is 26.4 Å². The monoisotopic (exact) mass is 437 g/mol. The van der Waals surface area contributed by atoms with Gasteiger partial charge in [-0.15, -0.1) is 0 Å². The van der Waals surface area contributed by atoms with Crippen LogP contribution in [-0.2, 0) is 6.54 Å². The molecule has 32 heavy (non-hydrogen) atoms. The first-order chi connectivity index (χ1) is 15.5. The third-order valence-corrected chi connectivity index (χ3v) is 5.27. The van der Waals surface area contributed by atoms with Crippen molar-refractivity contribution in [1.29, 1.82) is 0 Å². The van der Waals surface area contributed by atoms with Gasteiger partial charge in [-0.05, 0) is 61.7 Å². The van der Waals surface area contributed by atoms with E-state index in [0.29, 0.717) is 23.6 Å². The van der Waals surface area contributed by atoms with Crippen molar-refractivity contribution < 1.29 is 18.4 Å². The van der Waals surface area contributed by atoms with Crippen molar-refractivity contribution in [3.05, 3.63) is 71.6 Å². The standard InChI is InChI=1S/C23H24FN5O3/c1-15-18(7-11-32-15)22(30)28-20-13-17(4-5-19(20)24)27-23(31)26-14-16-6-8-25-21(12-16)29-9-2-3-10-29/h4-8,11-13H,2-3,9-10,14H2,1H3,(H,28,30)(H2,26,27,31). The van der Waals surface area contributed by atoms with Gasteiger partial charge in [0.2, 0.25) is 0 Å². The third kappa shape index (κ3) is 5.05. The van der Waals surface area contributed by atoms with Crippen molar-refractivity contribution in [2.45, 2.75) is 26.3 Å². The van der Waals surface area contributed by atoms with Crippen molar-refractivity contribution in [1.82, 2.24) is 10.3 Å². The van der Waals surface area contributed by atoms with E-state index in [0.717, 1.165) is 37.3 Å². The molecule has 0 bridgehead atoms. The number of nitrogens with one attached hydrogen (secondary N) is 3. The number of anilines is 3. The van der Waals surface area contributed by atoms with E-state index in [1.165, 1.54) is 30.5 Å². The Morgan fingerprint density at radius 3 is 2.69 bits per heavy atom. The van der Waals surface area contributed by atoms with Crippen molar-refractivity contribution in [2.75, 3.05) is 28.6 Å². The predicted molar refractivity (Wildman–Crippen MR) is 119 cm³/mol. The highest BCUT2D eigenvalue weighted by Gasteiger charge is 2.15. The quantitative estimate of drug-likeness (QED) is 0.534. The van der Waals surface area contributed by atoms with Crippen molar-refractivity contribution in [3.8, 4) is 0 Å². The van der Waals surface area contributed by atoms with Crippen molar-refractivity contribution >= 4 is 29.1 Å². The lowest BCUT2D eigenvalue weighted by atomic mass is 10.2. The predicted octanol–water partition coefficient (Wildman–Crippen LogP) is 4.30. The van der Waals surface area contributed by atoms with Gasteiger partial charge in [0.25, 0.3) is 5.91 Å². The van der Waals surface area contributed by atoms with E-state index < -0.39 is 17.8 Å². The van der Waals surface area contributed by atoms with Crippen molar-refractivity contribution in [3.63, 3.8) is 0 Å². The lowest BCUT2D eigenvalue weighted by Crippen LogP contribution is -2.28. The van der Waals surface area contributed by atoms with Gasteiger partial charge >= 0.3 is 6.03 Å². The van der Waals surface area contributed by atoms with Crippen LogP contribution >= 0.6 is 0 Å². The third-order valence-electron chi connectivity index (χ3n) is 5.27. The second-order valence-corrected chi connectivity index (χ2v) is 7.56. The summed E-state index contributed by atoms with van der Waals surface area (Å²) in [5.74, 6) is 0.231. The Balaban J connectivity index is 1.35. The molecule has 1 aliphatic rings. The summed E-state index contributed by atoms with van der Waals surface area (Å²) in [6, 6.07) is 8.84. The summed E-state index contributed by atoms with van der Waals surface area (Å²) in [6.07, 6.45) is 5.45. The number of furan rings is 1. The lowest BCUT2D eigenvalue weighted by molar-refractivity contribution is 0.102. The highest BCUT2D eigenvalue weighted by molar-refractivity contribution is 6.05. The second kappa shape index (κ2) is 9.51. The summed E-state index contributed by atoms with van der Waals surface area (Å²) >= 11 is 0. The van der Waals surface area contributed by atoms with Gasteiger partial charge in [0.15, 0.2) is 0 Å². The number of pyridine rings is 1. The number of carbonyl (C=O) groups excluding carboxylic acids is 2. The molecule has 166 valence electrons. The number of halogens is 1. The topological polar surface area (TPSA) is 99.5 Å². The van der Waals surface area contributed by atoms with Gasteiger partial charge in [0.05, 0.1) is 17.5 Å². The van der Waals surface area contributed by atoms with Gasteiger partial charge in [-0.2, -0.15) is 0 Å². The van der Waals surface area contributed by atoms with E-state index in [1.807, 2.05) is 12.1 Å². The minimum Gasteiger partial charge on any atom is -0.469 e. The van der Waals surface area contributed by atoms with Crippen LogP contribution in [0.15, 0.2) is 53.3 Å². The first kappa shape index (κ1) is 21.4. The molecule has 0 unspecified atom stereocenters. The van der Waals surface area contributed by atoms with Crippen molar-refractivity contribution in [2.24, 2.45) is 0 Å². The average Bonchev–Trinajstić information content (AvgIpc) is 3.47. The fourth-order valence-corrected chi connectivity index (χ4v) is 3.56. The van der Waals surface area contributed by atoms with Crippen LogP contribution in [0.5, 0.6) is 0 Å². The van der Waals surface area contributed by atoms with Gasteiger partial charge in [-0.25, -0.2) is 14.2 Å². The fraction of sp³-hybridized carbons (Fsp3) is 0.261. The zero-order valence-electron chi connectivity index (χ0n) is 17.7. The number of aryl methyl sites for hydroxylation is 1. The molecule has 1 fully saturated rings. The summed E-state index contributed by atoms with van der Waals surface area (Å²) in [5, 5.41) is 7.94. The van der Waals surface area contributed by atoms with Crippen LogP contribution in [0.2, 0.25) is 0 Å². The number of carbonyl (C=O) groups is 2. The van der Waals surface area contributed by atoms with Crippen LogP contribution in [-0.4, -0.2) is 30.0 Å². The van der Waals surface area contributed by atoms with Gasteiger partial charge in [0.1, 0.15) is 17.4 Å². The Bertz CT molecular complexity index is 1120. The largest absolute Gasteiger partial charge is 0.469 e. The Labute approximate surface area is 184 Å². The molecule has 3 amide bonds. The maximum atomic E-state index is 14.2. The Hall–Kier alpha value is -3.88. The van der Waals surface area contributed by atoms with Crippen LogP contribution in [0.25, 0.3) is 0 Å². The summed E-state index contributed by atoms with van der Waals surface area (Å²) in [6.45, 7) is 3.95. The normalized spacial score (nSPS) is 13.1. The molecule has 2 aromatic heterocycles. The maximum absolute atomic E-state index is 14.2. The smallest absolute Gasteiger partial charge is 0.319 e. The number of nitrogens with zero attached hydrogens (tertiary/aromatic N) is 2. The van der Waals surface area contributed by atoms with E-state index in [9.17, 15) is 14.0 Å². The second-order valence-electron chi connectivity index (χ2n) is 7.56. The molecule has 3 N–H and O–H groups in total. The van der Waals surface area contributed by atoms with Gasteiger partial charge in [-0.1, -0.05) is 0 Å². The molecule has 9 heteroatoms. The highest BCUT2D eigenvalue weighted by atomic mass is 19.1. The zero-order chi connectivity index (χ0) is 22.5. The highest BCUT2D eigenvalue weighted by Crippen LogP contribution is 2.22. The molecule has 0 aliphatic carbocycles. The average molecular weight is 437 g/mol. The summed E-state index contributed by atoms with van der Waals surface area (Å²) in [5.41, 5.74) is 1.54. The zero-order valence-corrected chi connectivity index (χ0v) is 17.7. The van der Waals surface area contributed by atoms with E-state index >= 15 is 0 Å². The molecule has 4 rings (SSSR count). The van der Waals surface area contributed by atoms with Gasteiger partial charge in [-0.3, -0.25) is 4.79 Å². The molecule has 3 heterocycles. The number of benzene rings is 1. The molecular formula is C23H24FN5O3. The number of hydrogen-bond donors (Lipinski definition) is 3. The number of urea groups is 1. The number of hydrogen-bond acceptors (Lipinski definition) is 5. The molecule has 0 saturated carbocycles. The number of rotatable bonds is 6. The molecule has 1 saturated heterocycles. The van der Waals surface area contributed by atoms with Crippen LogP contribution < -0.4 is 20.9 Å². The molecule has 0 radical (unpaired) electrons. The van der Waals surface area contributed by atoms with E-state index in [2.05, 4.69) is 25.8 Å². The van der Waals surface area contributed by atoms with Crippen LogP contribution in [0.1, 0.15) is 34.5 Å². The SMILES string of the molecule is Cc1occc1C(=O)Nc1cc(NC(=O)NCc2ccnc(N3CCCC3)c2)ccc1F. The molecule has 1 aromatic carbocycles. The summed E-state index contributed by atoms with van der Waals surface area (Å²) in [4.78, 5) is 31.3. The first-order valence-corrected chi connectivity index (χ1v) is 10.4. The minimum absolute atomic E-state index is 0.0437. The van der Waals surface area contributed by atoms with Crippen LogP contribution in [0, 0.1) is 12.7 Å². The Kier molecular flexibility index (Phi) is 6.34. The molecule has 1 aliphatic heterocycles. The number of amides is 3. The van der Waals surface area contributed by atoms with Gasteiger partial charge in [0, 0.05) is 31.5 Å². The lowest BCUT2D eigenvalue weighted by Gasteiger charge is -2.17. The molecule has 8 nitrogen and oxygen atoms in total.